The number of fused-ring (bicyclic) bond motifs is 3. The van der Waals surface area contributed by atoms with E-state index in [1.807, 2.05) is 13.8 Å². The number of carbonyl (C=O) groups excluding carboxylic acids is 2. The van der Waals surface area contributed by atoms with Crippen molar-refractivity contribution in [2.75, 3.05) is 5.88 Å². The first kappa shape index (κ1) is 22.5. The lowest BCUT2D eigenvalue weighted by atomic mass is 9.44. The minimum Gasteiger partial charge on any atom is -0.454 e. The molecule has 0 spiro atoms. The Hall–Kier alpha value is -1.21. The standard InChI is InChI=1S/C22H31ClO6/c1-7-19(4)11-15(25)22(27)20(5)13(18(2,3)9-8-14(20)24)10-16(21(22,6)29-19)28-17(26)12-23/h7,10,14,16,24,27H,1,8-9,11-12H2,2-6H3/t14-,16-,19-,20+,21+,22-/m0/s1. The number of aliphatic hydroxyl groups is 2. The normalized spacial score (nSPS) is 46.2. The number of halogens is 1. The minimum atomic E-state index is -2.11. The van der Waals surface area contributed by atoms with Crippen molar-refractivity contribution in [3.8, 4) is 0 Å². The molecule has 0 bridgehead atoms. The molecule has 0 unspecified atom stereocenters. The summed E-state index contributed by atoms with van der Waals surface area (Å²) in [6.45, 7) is 12.7. The molecule has 1 aliphatic heterocycles. The van der Waals surface area contributed by atoms with Crippen molar-refractivity contribution in [1.82, 2.24) is 0 Å². The van der Waals surface area contributed by atoms with Gasteiger partial charge in [0.05, 0.1) is 17.1 Å². The summed E-state index contributed by atoms with van der Waals surface area (Å²) >= 11 is 5.66. The first-order chi connectivity index (χ1) is 13.2. The third-order valence-corrected chi connectivity index (χ3v) is 7.71. The van der Waals surface area contributed by atoms with Crippen molar-refractivity contribution >= 4 is 23.4 Å². The highest BCUT2D eigenvalue weighted by molar-refractivity contribution is 6.26. The summed E-state index contributed by atoms with van der Waals surface area (Å²) in [5.74, 6) is -1.52. The average Bonchev–Trinajstić information content (AvgIpc) is 2.64. The molecule has 0 radical (unpaired) electrons. The lowest BCUT2D eigenvalue weighted by Crippen LogP contribution is -2.81. The van der Waals surface area contributed by atoms with Crippen LogP contribution in [0, 0.1) is 10.8 Å². The number of hydrogen-bond donors (Lipinski definition) is 2. The Morgan fingerprint density at radius 3 is 2.55 bits per heavy atom. The SMILES string of the molecule is C=C[C@@]1(C)CC(=O)[C@@]2(O)[C@](C)(O1)[C@@H](OC(=O)CCl)C=C1C(C)(C)CC[C@H](O)[C@@]12C. The Labute approximate surface area is 176 Å². The molecule has 1 saturated carbocycles. The molecule has 2 N–H and O–H groups in total. The van der Waals surface area contributed by atoms with E-state index in [1.165, 1.54) is 6.08 Å². The van der Waals surface area contributed by atoms with Crippen LogP contribution >= 0.6 is 11.6 Å². The Balaban J connectivity index is 2.33. The molecule has 6 nitrogen and oxygen atoms in total. The molecule has 0 amide bonds. The van der Waals surface area contributed by atoms with Crippen molar-refractivity contribution in [3.63, 3.8) is 0 Å². The third-order valence-electron chi connectivity index (χ3n) is 7.49. The topological polar surface area (TPSA) is 93.1 Å². The van der Waals surface area contributed by atoms with Gasteiger partial charge >= 0.3 is 5.97 Å². The van der Waals surface area contributed by atoms with Gasteiger partial charge in [-0.15, -0.1) is 18.2 Å². The van der Waals surface area contributed by atoms with E-state index in [4.69, 9.17) is 21.1 Å². The fourth-order valence-corrected chi connectivity index (χ4v) is 5.83. The summed E-state index contributed by atoms with van der Waals surface area (Å²) in [4.78, 5) is 25.7. The first-order valence-electron chi connectivity index (χ1n) is 9.97. The van der Waals surface area contributed by atoms with Gasteiger partial charge < -0.3 is 19.7 Å². The van der Waals surface area contributed by atoms with E-state index in [2.05, 4.69) is 6.58 Å². The highest BCUT2D eigenvalue weighted by Gasteiger charge is 2.76. The second-order valence-electron chi connectivity index (χ2n) is 9.80. The summed E-state index contributed by atoms with van der Waals surface area (Å²) in [7, 11) is 0. The van der Waals surface area contributed by atoms with Gasteiger partial charge in [-0.05, 0) is 45.1 Å². The molecule has 2 fully saturated rings. The molecule has 0 aromatic heterocycles. The van der Waals surface area contributed by atoms with Gasteiger partial charge in [0, 0.05) is 6.42 Å². The number of hydrogen-bond acceptors (Lipinski definition) is 6. The van der Waals surface area contributed by atoms with Crippen molar-refractivity contribution in [1.29, 1.82) is 0 Å². The van der Waals surface area contributed by atoms with Crippen LogP contribution in [0.2, 0.25) is 0 Å². The number of aliphatic hydroxyl groups excluding tert-OH is 1. The number of rotatable bonds is 3. The van der Waals surface area contributed by atoms with Crippen molar-refractivity contribution in [3.05, 3.63) is 24.3 Å². The highest BCUT2D eigenvalue weighted by Crippen LogP contribution is 2.64. The summed E-state index contributed by atoms with van der Waals surface area (Å²) in [5, 5.41) is 23.2. The number of esters is 1. The molecule has 2 aliphatic carbocycles. The summed E-state index contributed by atoms with van der Waals surface area (Å²) in [6.07, 6.45) is 2.22. The zero-order valence-electron chi connectivity index (χ0n) is 17.8. The fraction of sp³-hybridized carbons (Fsp3) is 0.727. The van der Waals surface area contributed by atoms with E-state index in [9.17, 15) is 19.8 Å². The van der Waals surface area contributed by atoms with Crippen molar-refractivity contribution in [2.45, 2.75) is 82.9 Å². The van der Waals surface area contributed by atoms with Crippen LogP contribution in [-0.4, -0.2) is 56.9 Å². The van der Waals surface area contributed by atoms with E-state index in [1.54, 1.807) is 26.8 Å². The van der Waals surface area contributed by atoms with E-state index in [-0.39, 0.29) is 12.3 Å². The van der Waals surface area contributed by atoms with Crippen molar-refractivity contribution < 1.29 is 29.3 Å². The van der Waals surface area contributed by atoms with E-state index in [0.717, 1.165) is 0 Å². The molecule has 3 aliphatic rings. The molecule has 162 valence electrons. The zero-order chi connectivity index (χ0) is 22.0. The minimum absolute atomic E-state index is 0.102. The predicted octanol–water partition coefficient (Wildman–Crippen LogP) is 2.69. The largest absolute Gasteiger partial charge is 0.454 e. The Bertz CT molecular complexity index is 790. The van der Waals surface area contributed by atoms with Crippen LogP contribution in [0.5, 0.6) is 0 Å². The van der Waals surface area contributed by atoms with Gasteiger partial charge in [0.2, 0.25) is 0 Å². The fourth-order valence-electron chi connectivity index (χ4n) is 5.77. The molecule has 29 heavy (non-hydrogen) atoms. The zero-order valence-corrected chi connectivity index (χ0v) is 18.5. The van der Waals surface area contributed by atoms with Crippen molar-refractivity contribution in [2.24, 2.45) is 10.8 Å². The molecular weight excluding hydrogens is 396 g/mol. The second kappa shape index (κ2) is 6.64. The maximum atomic E-state index is 13.6. The number of alkyl halides is 1. The first-order valence-corrected chi connectivity index (χ1v) is 10.5. The Morgan fingerprint density at radius 1 is 1.38 bits per heavy atom. The number of ketones is 1. The summed E-state index contributed by atoms with van der Waals surface area (Å²) in [5.41, 5.74) is -5.83. The predicted molar refractivity (Wildman–Crippen MR) is 108 cm³/mol. The lowest BCUT2D eigenvalue weighted by molar-refractivity contribution is -0.305. The molecular formula is C22H31ClO6. The summed E-state index contributed by atoms with van der Waals surface area (Å²) in [6, 6.07) is 0. The van der Waals surface area contributed by atoms with Crippen LogP contribution in [0.3, 0.4) is 0 Å². The van der Waals surface area contributed by atoms with E-state index < -0.39 is 51.6 Å². The second-order valence-corrected chi connectivity index (χ2v) is 10.1. The molecule has 1 heterocycles. The number of carbonyl (C=O) groups is 2. The highest BCUT2D eigenvalue weighted by atomic mass is 35.5. The third kappa shape index (κ3) is 2.79. The van der Waals surface area contributed by atoms with Crippen LogP contribution in [0.25, 0.3) is 0 Å². The molecule has 7 heteroatoms. The van der Waals surface area contributed by atoms with Crippen LogP contribution in [0.4, 0.5) is 0 Å². The van der Waals surface area contributed by atoms with E-state index in [0.29, 0.717) is 18.4 Å². The maximum Gasteiger partial charge on any atom is 0.321 e. The number of ether oxygens (including phenoxy) is 2. The van der Waals surface area contributed by atoms with Gasteiger partial charge in [-0.1, -0.05) is 25.5 Å². The van der Waals surface area contributed by atoms with E-state index >= 15 is 0 Å². The molecule has 0 aromatic carbocycles. The maximum absolute atomic E-state index is 13.6. The molecule has 1 saturated heterocycles. The number of Topliss-reactive ketones (excluding diaryl/α,β-unsaturated/α-hetero) is 1. The van der Waals surface area contributed by atoms with Gasteiger partial charge in [-0.3, -0.25) is 9.59 Å². The Morgan fingerprint density at radius 2 is 2.00 bits per heavy atom. The van der Waals surface area contributed by atoms with Gasteiger partial charge in [0.1, 0.15) is 11.5 Å². The monoisotopic (exact) mass is 426 g/mol. The average molecular weight is 427 g/mol. The summed E-state index contributed by atoms with van der Waals surface area (Å²) < 4.78 is 11.9. The van der Waals surface area contributed by atoms with Crippen LogP contribution in [0.1, 0.15) is 53.9 Å². The van der Waals surface area contributed by atoms with Crippen LogP contribution < -0.4 is 0 Å². The quantitative estimate of drug-likeness (QED) is 0.409. The molecule has 3 rings (SSSR count). The molecule has 0 aromatic rings. The van der Waals surface area contributed by atoms with Gasteiger partial charge in [0.15, 0.2) is 17.5 Å². The lowest BCUT2D eigenvalue weighted by Gasteiger charge is -2.66. The van der Waals surface area contributed by atoms with Gasteiger partial charge in [-0.2, -0.15) is 0 Å². The van der Waals surface area contributed by atoms with Crippen LogP contribution in [0.15, 0.2) is 24.3 Å². The Kier molecular flexibility index (Phi) is 5.15. The van der Waals surface area contributed by atoms with Gasteiger partial charge in [-0.25, -0.2) is 0 Å². The van der Waals surface area contributed by atoms with Gasteiger partial charge in [0.25, 0.3) is 0 Å². The molecule has 6 atom stereocenters. The smallest absolute Gasteiger partial charge is 0.321 e. The van der Waals surface area contributed by atoms with Crippen LogP contribution in [-0.2, 0) is 19.1 Å².